The first-order valence-electron chi connectivity index (χ1n) is 4.93. The minimum atomic E-state index is -3.23. The second-order valence-corrected chi connectivity index (χ2v) is 3.43. The van der Waals surface area contributed by atoms with Crippen molar-refractivity contribution in [3.63, 3.8) is 0 Å². The Bertz CT molecular complexity index is 359. The van der Waals surface area contributed by atoms with Crippen LogP contribution in [0.5, 0.6) is 0 Å². The lowest BCUT2D eigenvalue weighted by Crippen LogP contribution is -2.43. The largest absolute Gasteiger partial charge is 0.386 e. The number of amides is 1. The third kappa shape index (κ3) is 3.74. The molecule has 0 saturated heterocycles. The fourth-order valence-corrected chi connectivity index (χ4v) is 1.33. The van der Waals surface area contributed by atoms with Crippen LogP contribution in [-0.2, 0) is 4.79 Å². The summed E-state index contributed by atoms with van der Waals surface area (Å²) in [5.74, 6) is -1.59. The second kappa shape index (κ2) is 6.24. The van der Waals surface area contributed by atoms with E-state index in [-0.39, 0.29) is 0 Å². The Balaban J connectivity index is 2.71. The number of carbonyl (C=O) groups excluding carboxylic acids is 1. The monoisotopic (exact) mass is 247 g/mol. The molecule has 1 rings (SSSR count). The summed E-state index contributed by atoms with van der Waals surface area (Å²) in [5, 5.41) is 11.5. The summed E-state index contributed by atoms with van der Waals surface area (Å²) in [6.07, 6.45) is -4.59. The molecule has 3 nitrogen and oxygen atoms in total. The van der Waals surface area contributed by atoms with E-state index in [0.717, 1.165) is 0 Å². The van der Waals surface area contributed by atoms with Crippen LogP contribution >= 0.6 is 0 Å². The van der Waals surface area contributed by atoms with Gasteiger partial charge < -0.3 is 10.4 Å². The highest BCUT2D eigenvalue weighted by Crippen LogP contribution is 2.17. The molecule has 0 saturated carbocycles. The number of hydrogen-bond acceptors (Lipinski definition) is 2. The Hall–Kier alpha value is -1.56. The second-order valence-electron chi connectivity index (χ2n) is 3.43. The van der Waals surface area contributed by atoms with Gasteiger partial charge in [-0.05, 0) is 5.56 Å². The molecule has 17 heavy (non-hydrogen) atoms. The summed E-state index contributed by atoms with van der Waals surface area (Å²) in [4.78, 5) is 10.7. The van der Waals surface area contributed by atoms with Crippen molar-refractivity contribution in [2.75, 3.05) is 6.67 Å². The van der Waals surface area contributed by atoms with Crippen LogP contribution in [0.4, 0.5) is 13.2 Å². The van der Waals surface area contributed by atoms with Gasteiger partial charge in [-0.2, -0.15) is 8.78 Å². The van der Waals surface area contributed by atoms with E-state index in [2.05, 4.69) is 0 Å². The summed E-state index contributed by atoms with van der Waals surface area (Å²) < 4.78 is 36.5. The molecular weight excluding hydrogens is 235 g/mol. The number of aliphatic hydroxyl groups is 1. The summed E-state index contributed by atoms with van der Waals surface area (Å²) >= 11 is 0. The number of rotatable bonds is 5. The van der Waals surface area contributed by atoms with E-state index >= 15 is 0 Å². The zero-order valence-electron chi connectivity index (χ0n) is 8.82. The number of benzene rings is 1. The van der Waals surface area contributed by atoms with Crippen LogP contribution in [0.15, 0.2) is 30.3 Å². The van der Waals surface area contributed by atoms with Gasteiger partial charge in [0.15, 0.2) is 0 Å². The van der Waals surface area contributed by atoms with Crippen molar-refractivity contribution in [2.45, 2.75) is 18.6 Å². The van der Waals surface area contributed by atoms with Crippen molar-refractivity contribution in [3.05, 3.63) is 35.9 Å². The zero-order valence-corrected chi connectivity index (χ0v) is 8.82. The van der Waals surface area contributed by atoms with E-state index in [9.17, 15) is 23.1 Å². The third-order valence-corrected chi connectivity index (χ3v) is 2.21. The highest BCUT2D eigenvalue weighted by atomic mass is 19.3. The molecule has 0 spiro atoms. The van der Waals surface area contributed by atoms with Crippen molar-refractivity contribution in [2.24, 2.45) is 0 Å². The number of aliphatic hydroxyl groups excluding tert-OH is 1. The molecule has 1 aromatic rings. The first kappa shape index (κ1) is 13.5. The molecule has 0 radical (unpaired) electrons. The lowest BCUT2D eigenvalue weighted by atomic mass is 10.0. The van der Waals surface area contributed by atoms with E-state index in [4.69, 9.17) is 0 Å². The molecule has 0 bridgehead atoms. The van der Waals surface area contributed by atoms with Crippen molar-refractivity contribution in [1.82, 2.24) is 5.32 Å². The maximum absolute atomic E-state index is 12.6. The first-order valence-corrected chi connectivity index (χ1v) is 4.93. The van der Waals surface area contributed by atoms with Gasteiger partial charge in [-0.25, -0.2) is 4.39 Å². The third-order valence-electron chi connectivity index (χ3n) is 2.21. The number of alkyl halides is 3. The molecule has 2 N–H and O–H groups in total. The summed E-state index contributed by atoms with van der Waals surface area (Å²) in [5.41, 5.74) is 0.352. The van der Waals surface area contributed by atoms with Crippen LogP contribution in [0.3, 0.4) is 0 Å². The Morgan fingerprint density at radius 2 is 1.88 bits per heavy atom. The summed E-state index contributed by atoms with van der Waals surface area (Å²) in [6, 6.07) is 6.58. The SMILES string of the molecule is O=C(NC(CF)C(O)c1ccccc1)C(F)F. The number of halogens is 3. The van der Waals surface area contributed by atoms with E-state index in [1.807, 2.05) is 0 Å². The Kier molecular flexibility index (Phi) is 4.96. The van der Waals surface area contributed by atoms with Crippen LogP contribution in [-0.4, -0.2) is 30.2 Å². The van der Waals surface area contributed by atoms with Gasteiger partial charge in [0.25, 0.3) is 5.91 Å². The predicted octanol–water partition coefficient (Wildman–Crippen LogP) is 1.44. The average molecular weight is 247 g/mol. The van der Waals surface area contributed by atoms with Crippen LogP contribution in [0.2, 0.25) is 0 Å². The topological polar surface area (TPSA) is 49.3 Å². The molecule has 0 aliphatic heterocycles. The molecule has 0 heterocycles. The molecule has 0 aliphatic rings. The van der Waals surface area contributed by atoms with E-state index < -0.39 is 31.2 Å². The van der Waals surface area contributed by atoms with Gasteiger partial charge in [0.05, 0.1) is 6.04 Å². The Morgan fingerprint density at radius 3 is 2.35 bits per heavy atom. The van der Waals surface area contributed by atoms with Gasteiger partial charge in [0.1, 0.15) is 12.8 Å². The van der Waals surface area contributed by atoms with E-state index in [1.54, 1.807) is 23.5 Å². The van der Waals surface area contributed by atoms with Gasteiger partial charge in [-0.3, -0.25) is 4.79 Å². The summed E-state index contributed by atoms with van der Waals surface area (Å²) in [7, 11) is 0. The standard InChI is InChI=1S/C11H12F3NO2/c12-6-8(15-11(17)10(13)14)9(16)7-4-2-1-3-5-7/h1-5,8-10,16H,6H2,(H,15,17). The van der Waals surface area contributed by atoms with Crippen LogP contribution in [0, 0.1) is 0 Å². The molecule has 0 aromatic heterocycles. The normalized spacial score (nSPS) is 14.4. The first-order chi connectivity index (χ1) is 8.06. The van der Waals surface area contributed by atoms with E-state index in [1.165, 1.54) is 12.1 Å². The van der Waals surface area contributed by atoms with Crippen molar-refractivity contribution < 1.29 is 23.1 Å². The highest BCUT2D eigenvalue weighted by Gasteiger charge is 2.26. The molecule has 1 aromatic carbocycles. The molecule has 94 valence electrons. The minimum absolute atomic E-state index is 0.352. The van der Waals surface area contributed by atoms with Gasteiger partial charge in [-0.15, -0.1) is 0 Å². The van der Waals surface area contributed by atoms with Crippen molar-refractivity contribution >= 4 is 5.91 Å². The van der Waals surface area contributed by atoms with Gasteiger partial charge in [-0.1, -0.05) is 30.3 Å². The number of hydrogen-bond donors (Lipinski definition) is 2. The minimum Gasteiger partial charge on any atom is -0.386 e. The zero-order chi connectivity index (χ0) is 12.8. The fraction of sp³-hybridized carbons (Fsp3) is 0.364. The quantitative estimate of drug-likeness (QED) is 0.827. The maximum atomic E-state index is 12.6. The average Bonchev–Trinajstić information content (AvgIpc) is 2.35. The highest BCUT2D eigenvalue weighted by molar-refractivity contribution is 5.79. The molecule has 6 heteroatoms. The Morgan fingerprint density at radius 1 is 1.29 bits per heavy atom. The lowest BCUT2D eigenvalue weighted by Gasteiger charge is -2.21. The Labute approximate surface area is 96.3 Å². The van der Waals surface area contributed by atoms with E-state index in [0.29, 0.717) is 5.56 Å². The smallest absolute Gasteiger partial charge is 0.315 e. The summed E-state index contributed by atoms with van der Waals surface area (Å²) in [6.45, 7) is -1.13. The molecular formula is C11H12F3NO2. The van der Waals surface area contributed by atoms with Gasteiger partial charge in [0.2, 0.25) is 0 Å². The van der Waals surface area contributed by atoms with Gasteiger partial charge >= 0.3 is 6.43 Å². The fourth-order valence-electron chi connectivity index (χ4n) is 1.33. The van der Waals surface area contributed by atoms with Crippen LogP contribution < -0.4 is 5.32 Å². The van der Waals surface area contributed by atoms with Gasteiger partial charge in [0, 0.05) is 0 Å². The predicted molar refractivity (Wildman–Crippen MR) is 55.3 cm³/mol. The van der Waals surface area contributed by atoms with Crippen molar-refractivity contribution in [3.8, 4) is 0 Å². The molecule has 2 unspecified atom stereocenters. The molecule has 0 aliphatic carbocycles. The molecule has 1 amide bonds. The molecule has 2 atom stereocenters. The lowest BCUT2D eigenvalue weighted by molar-refractivity contribution is -0.133. The number of nitrogens with one attached hydrogen (secondary N) is 1. The number of carbonyl (C=O) groups is 1. The maximum Gasteiger partial charge on any atom is 0.315 e. The molecule has 0 fully saturated rings. The van der Waals surface area contributed by atoms with Crippen LogP contribution in [0.25, 0.3) is 0 Å². The van der Waals surface area contributed by atoms with Crippen molar-refractivity contribution in [1.29, 1.82) is 0 Å². The van der Waals surface area contributed by atoms with Crippen LogP contribution in [0.1, 0.15) is 11.7 Å².